The van der Waals surface area contributed by atoms with Crippen molar-refractivity contribution < 1.29 is 19.4 Å². The van der Waals surface area contributed by atoms with Gasteiger partial charge in [-0.15, -0.1) is 0 Å². The van der Waals surface area contributed by atoms with E-state index in [1.807, 2.05) is 24.4 Å². The van der Waals surface area contributed by atoms with Crippen molar-refractivity contribution in [2.45, 2.75) is 43.7 Å². The summed E-state index contributed by atoms with van der Waals surface area (Å²) in [5.41, 5.74) is 9.37. The third-order valence-corrected chi connectivity index (χ3v) is 8.09. The van der Waals surface area contributed by atoms with Crippen LogP contribution in [0.5, 0.6) is 0 Å². The third-order valence-electron chi connectivity index (χ3n) is 8.09. The van der Waals surface area contributed by atoms with E-state index in [-0.39, 0.29) is 12.0 Å². The Balaban J connectivity index is 1.38. The van der Waals surface area contributed by atoms with E-state index in [2.05, 4.69) is 10.4 Å². The minimum atomic E-state index is -0.523. The van der Waals surface area contributed by atoms with Gasteiger partial charge in [0.25, 0.3) is 5.91 Å². The zero-order valence-electron chi connectivity index (χ0n) is 19.0. The molecule has 176 valence electrons. The Morgan fingerprint density at radius 3 is 2.47 bits per heavy atom. The lowest BCUT2D eigenvalue weighted by molar-refractivity contribution is -0.129. The number of nitrogens with one attached hydrogen (secondary N) is 1. The number of hydrogen-bond acceptors (Lipinski definition) is 6. The van der Waals surface area contributed by atoms with Crippen molar-refractivity contribution in [3.05, 3.63) is 53.9 Å². The molecule has 0 spiro atoms. The largest absolute Gasteiger partial charge is 0.465 e. The molecule has 2 unspecified atom stereocenters. The molecule has 4 saturated carbocycles. The van der Waals surface area contributed by atoms with Gasteiger partial charge in [-0.05, 0) is 73.6 Å². The Labute approximate surface area is 197 Å². The van der Waals surface area contributed by atoms with Crippen molar-refractivity contribution in [2.75, 3.05) is 12.4 Å². The van der Waals surface area contributed by atoms with Crippen LogP contribution < -0.4 is 11.1 Å². The first-order chi connectivity index (χ1) is 16.3. The number of esters is 1. The zero-order chi connectivity index (χ0) is 23.6. The van der Waals surface area contributed by atoms with Gasteiger partial charge >= 0.3 is 5.97 Å². The van der Waals surface area contributed by atoms with Crippen LogP contribution in [0.1, 0.15) is 52.8 Å². The number of anilines is 1. The van der Waals surface area contributed by atoms with Crippen LogP contribution in [0.3, 0.4) is 0 Å². The highest BCUT2D eigenvalue weighted by molar-refractivity contribution is 6.02. The monoisotopic (exact) mass is 460 g/mol. The summed E-state index contributed by atoms with van der Waals surface area (Å²) >= 11 is 0. The fourth-order valence-corrected chi connectivity index (χ4v) is 6.85. The topological polar surface area (TPSA) is 119 Å². The van der Waals surface area contributed by atoms with Crippen molar-refractivity contribution in [1.29, 1.82) is 0 Å². The summed E-state index contributed by atoms with van der Waals surface area (Å²) in [5.74, 6) is 0.454. The number of methoxy groups -OCH3 is 1. The minimum Gasteiger partial charge on any atom is -0.465 e. The van der Waals surface area contributed by atoms with E-state index in [0.29, 0.717) is 34.6 Å². The molecule has 0 saturated heterocycles. The molecule has 34 heavy (non-hydrogen) atoms. The lowest BCUT2D eigenvalue weighted by Gasteiger charge is -2.58. The second-order valence-electron chi connectivity index (χ2n) is 10.3. The molecule has 4 bridgehead atoms. The van der Waals surface area contributed by atoms with E-state index >= 15 is 0 Å². The molecule has 4 aliphatic carbocycles. The van der Waals surface area contributed by atoms with E-state index in [4.69, 9.17) is 10.5 Å². The van der Waals surface area contributed by atoms with Crippen LogP contribution in [-0.4, -0.2) is 45.3 Å². The highest BCUT2D eigenvalue weighted by atomic mass is 16.5. The van der Waals surface area contributed by atoms with Crippen LogP contribution in [0, 0.1) is 17.8 Å². The minimum absolute atomic E-state index is 0.193. The number of aromatic nitrogens is 2. The number of carbonyl (C=O) groups is 2. The molecule has 4 aliphatic rings. The summed E-state index contributed by atoms with van der Waals surface area (Å²) in [4.78, 5) is 24.1. The smallest absolute Gasteiger partial charge is 0.337 e. The number of primary amides is 1. The highest BCUT2D eigenvalue weighted by Gasteiger charge is 2.54. The van der Waals surface area contributed by atoms with Gasteiger partial charge in [-0.3, -0.25) is 4.79 Å². The average Bonchev–Trinajstić information content (AvgIpc) is 3.24. The van der Waals surface area contributed by atoms with Gasteiger partial charge < -0.3 is 20.9 Å². The van der Waals surface area contributed by atoms with Crippen molar-refractivity contribution >= 4 is 23.1 Å². The normalized spacial score (nSPS) is 29.4. The van der Waals surface area contributed by atoms with E-state index < -0.39 is 11.5 Å². The maximum Gasteiger partial charge on any atom is 0.337 e. The number of benzene rings is 1. The molecule has 1 aromatic carbocycles. The number of amides is 1. The first-order valence-electron chi connectivity index (χ1n) is 11.8. The summed E-state index contributed by atoms with van der Waals surface area (Å²) < 4.78 is 6.53. The first-order valence-corrected chi connectivity index (χ1v) is 11.8. The summed E-state index contributed by atoms with van der Waals surface area (Å²) in [6.07, 6.45) is 8.19. The molecular formula is C26H28N4O4. The summed E-state index contributed by atoms with van der Waals surface area (Å²) in [5, 5.41) is 19.1. The summed E-state index contributed by atoms with van der Waals surface area (Å²) in [7, 11) is 1.36. The quantitative estimate of drug-likeness (QED) is 0.503. The van der Waals surface area contributed by atoms with Crippen LogP contribution in [0.15, 0.2) is 42.7 Å². The van der Waals surface area contributed by atoms with Gasteiger partial charge in [0.2, 0.25) is 0 Å². The van der Waals surface area contributed by atoms with Gasteiger partial charge in [0, 0.05) is 17.8 Å². The van der Waals surface area contributed by atoms with Crippen LogP contribution >= 0.6 is 0 Å². The molecule has 4 N–H and O–H groups in total. The number of rotatable bonds is 5. The molecule has 7 rings (SSSR count). The lowest BCUT2D eigenvalue weighted by atomic mass is 9.52. The van der Waals surface area contributed by atoms with E-state index in [1.165, 1.54) is 13.3 Å². The number of nitrogens with zero attached hydrogens (tertiary/aromatic N) is 2. The second kappa shape index (κ2) is 7.56. The Kier molecular flexibility index (Phi) is 4.71. The number of nitrogens with two attached hydrogens (primary N) is 1. The van der Waals surface area contributed by atoms with Crippen LogP contribution in [0.2, 0.25) is 0 Å². The van der Waals surface area contributed by atoms with Crippen LogP contribution in [0.25, 0.3) is 16.6 Å². The predicted molar refractivity (Wildman–Crippen MR) is 126 cm³/mol. The van der Waals surface area contributed by atoms with Crippen LogP contribution in [-0.2, 0) is 4.74 Å². The molecule has 2 atom stereocenters. The van der Waals surface area contributed by atoms with Crippen molar-refractivity contribution in [3.63, 3.8) is 0 Å². The molecular weight excluding hydrogens is 432 g/mol. The van der Waals surface area contributed by atoms with E-state index in [9.17, 15) is 14.7 Å². The Morgan fingerprint density at radius 2 is 1.85 bits per heavy atom. The van der Waals surface area contributed by atoms with Gasteiger partial charge in [0.05, 0.1) is 41.2 Å². The average molecular weight is 461 g/mol. The van der Waals surface area contributed by atoms with Gasteiger partial charge in [-0.1, -0.05) is 12.1 Å². The van der Waals surface area contributed by atoms with Crippen molar-refractivity contribution in [1.82, 2.24) is 9.61 Å². The number of aliphatic hydroxyl groups is 1. The summed E-state index contributed by atoms with van der Waals surface area (Å²) in [6, 6.07) is 9.36. The lowest BCUT2D eigenvalue weighted by Crippen LogP contribution is -2.59. The Bertz CT molecular complexity index is 1280. The molecule has 0 aliphatic heterocycles. The molecule has 1 amide bonds. The molecule has 8 heteroatoms. The summed E-state index contributed by atoms with van der Waals surface area (Å²) in [6.45, 7) is 0. The molecule has 2 aromatic heterocycles. The molecule has 4 fully saturated rings. The van der Waals surface area contributed by atoms with Crippen LogP contribution in [0.4, 0.5) is 5.69 Å². The highest BCUT2D eigenvalue weighted by Crippen LogP contribution is 2.56. The molecule has 3 aromatic rings. The Morgan fingerprint density at radius 1 is 1.15 bits per heavy atom. The molecule has 0 radical (unpaired) electrons. The van der Waals surface area contributed by atoms with Crippen molar-refractivity contribution in [3.8, 4) is 11.1 Å². The predicted octanol–water partition coefficient (Wildman–Crippen LogP) is 3.24. The maximum absolute atomic E-state index is 12.3. The number of fused-ring (bicyclic) bond motifs is 1. The SMILES string of the molecule is COC(=O)c1ccc(-c2cc3c(NC4C5CC6CC4CC(O)(C6)C5)c(C(N)=O)cnn3c2)cc1. The fraction of sp³-hybridized carbons (Fsp3) is 0.423. The molecule has 8 nitrogen and oxygen atoms in total. The maximum atomic E-state index is 12.3. The number of hydrogen-bond donors (Lipinski definition) is 3. The number of carbonyl (C=O) groups excluding carboxylic acids is 2. The standard InChI is InChI=1S/C26H28N4O4/c1-34-25(32)16-4-2-15(3-5-16)19-8-21-23(20(24(27)31)12-28-30(21)13-19)29-22-17-6-14-7-18(22)11-26(33,9-14)10-17/h2-5,8,12-14,17-18,22,29,33H,6-7,9-11H2,1H3,(H2,27,31). The third kappa shape index (κ3) is 3.36. The number of ether oxygens (including phenoxy) is 1. The Hall–Kier alpha value is -3.39. The fourth-order valence-electron chi connectivity index (χ4n) is 6.85. The van der Waals surface area contributed by atoms with Gasteiger partial charge in [-0.2, -0.15) is 5.10 Å². The second-order valence-corrected chi connectivity index (χ2v) is 10.3. The van der Waals surface area contributed by atoms with Gasteiger partial charge in [-0.25, -0.2) is 9.31 Å². The van der Waals surface area contributed by atoms with Crippen molar-refractivity contribution in [2.24, 2.45) is 23.5 Å². The van der Waals surface area contributed by atoms with Gasteiger partial charge in [0.1, 0.15) is 0 Å². The first kappa shape index (κ1) is 21.2. The van der Waals surface area contributed by atoms with E-state index in [1.54, 1.807) is 16.6 Å². The zero-order valence-corrected chi connectivity index (χ0v) is 19.0. The van der Waals surface area contributed by atoms with Gasteiger partial charge in [0.15, 0.2) is 0 Å². The van der Waals surface area contributed by atoms with E-state index in [0.717, 1.165) is 48.7 Å². The molecule has 2 heterocycles.